The van der Waals surface area contributed by atoms with Crippen LogP contribution in [0.2, 0.25) is 5.02 Å². The number of pyridine rings is 2. The summed E-state index contributed by atoms with van der Waals surface area (Å²) in [5, 5.41) is 3.79. The maximum absolute atomic E-state index is 12.5. The van der Waals surface area contributed by atoms with Gasteiger partial charge in [0.15, 0.2) is 5.65 Å². The molecular weight excluding hydrogens is 496 g/mol. The van der Waals surface area contributed by atoms with Crippen molar-refractivity contribution in [2.24, 2.45) is 0 Å². The molecule has 0 saturated carbocycles. The standard InChI is InChI=1S/C22H25ClN6O5S/c1-4-6-7-10-35(32,33)28-21(30)18-9-8-17-20(27-18)29(14(3)25-17)13-19-16(23)11-15(12-24-19)26-22(31)34-5-2/h7-12H,4-6,13H2,1-3H3,(H,26,31)(H,28,30)/b10-7+. The molecule has 0 atom stereocenters. The Bertz CT molecular complexity index is 1390. The van der Waals surface area contributed by atoms with Crippen molar-refractivity contribution in [3.63, 3.8) is 0 Å². The first kappa shape index (κ1) is 26.1. The molecule has 11 nitrogen and oxygen atoms in total. The van der Waals surface area contributed by atoms with Gasteiger partial charge in [-0.1, -0.05) is 31.0 Å². The van der Waals surface area contributed by atoms with Crippen LogP contribution in [0, 0.1) is 6.92 Å². The van der Waals surface area contributed by atoms with Gasteiger partial charge in [-0.15, -0.1) is 0 Å². The van der Waals surface area contributed by atoms with E-state index in [0.29, 0.717) is 39.8 Å². The maximum Gasteiger partial charge on any atom is 0.411 e. The monoisotopic (exact) mass is 520 g/mol. The van der Waals surface area contributed by atoms with Crippen molar-refractivity contribution in [2.75, 3.05) is 11.9 Å². The number of hydrogen-bond donors (Lipinski definition) is 2. The van der Waals surface area contributed by atoms with Crippen LogP contribution < -0.4 is 10.0 Å². The van der Waals surface area contributed by atoms with Crippen LogP contribution in [0.5, 0.6) is 0 Å². The molecule has 3 aromatic rings. The lowest BCUT2D eigenvalue weighted by molar-refractivity contribution is 0.0977. The topological polar surface area (TPSA) is 145 Å². The number of amides is 2. The number of sulfonamides is 1. The summed E-state index contributed by atoms with van der Waals surface area (Å²) >= 11 is 6.37. The van der Waals surface area contributed by atoms with Crippen molar-refractivity contribution in [3.8, 4) is 0 Å². The number of halogens is 1. The molecule has 2 N–H and O–H groups in total. The number of carbonyl (C=O) groups excluding carboxylic acids is 2. The lowest BCUT2D eigenvalue weighted by Gasteiger charge is -2.10. The molecule has 3 rings (SSSR count). The highest BCUT2D eigenvalue weighted by atomic mass is 35.5. The number of nitrogens with zero attached hydrogens (tertiary/aromatic N) is 4. The van der Waals surface area contributed by atoms with E-state index < -0.39 is 22.0 Å². The molecule has 186 valence electrons. The number of fused-ring (bicyclic) bond motifs is 1. The molecule has 35 heavy (non-hydrogen) atoms. The molecule has 0 aromatic carbocycles. The predicted octanol–water partition coefficient (Wildman–Crippen LogP) is 3.78. The van der Waals surface area contributed by atoms with E-state index in [1.807, 2.05) is 11.6 Å². The van der Waals surface area contributed by atoms with Crippen molar-refractivity contribution in [1.29, 1.82) is 0 Å². The molecule has 2 amide bonds. The van der Waals surface area contributed by atoms with Crippen molar-refractivity contribution in [3.05, 3.63) is 58.1 Å². The van der Waals surface area contributed by atoms with Crippen LogP contribution in [0.15, 0.2) is 35.9 Å². The fraction of sp³-hybridized carbons (Fsp3) is 0.318. The van der Waals surface area contributed by atoms with E-state index in [1.165, 1.54) is 18.3 Å². The Labute approximate surface area is 207 Å². The Hall–Kier alpha value is -3.51. The van der Waals surface area contributed by atoms with Crippen molar-refractivity contribution in [2.45, 2.75) is 40.2 Å². The number of rotatable bonds is 9. The molecular formula is C22H25ClN6O5S. The van der Waals surface area contributed by atoms with Crippen LogP contribution in [0.4, 0.5) is 10.5 Å². The molecule has 3 aromatic heterocycles. The predicted molar refractivity (Wildman–Crippen MR) is 132 cm³/mol. The third-order valence-electron chi connectivity index (χ3n) is 4.73. The molecule has 0 aliphatic rings. The molecule has 0 saturated heterocycles. The second-order valence-electron chi connectivity index (χ2n) is 7.42. The number of aryl methyl sites for hydroxylation is 1. The average molecular weight is 521 g/mol. The number of anilines is 1. The van der Waals surface area contributed by atoms with Gasteiger partial charge in [0.2, 0.25) is 0 Å². The zero-order valence-electron chi connectivity index (χ0n) is 19.4. The second-order valence-corrected chi connectivity index (χ2v) is 9.39. The van der Waals surface area contributed by atoms with E-state index in [0.717, 1.165) is 11.8 Å². The Balaban J connectivity index is 1.85. The zero-order valence-corrected chi connectivity index (χ0v) is 21.0. The molecule has 0 aliphatic heterocycles. The van der Waals surface area contributed by atoms with Crippen molar-refractivity contribution >= 4 is 50.5 Å². The Kier molecular flexibility index (Phi) is 8.41. The van der Waals surface area contributed by atoms with Crippen LogP contribution in [-0.2, 0) is 21.3 Å². The van der Waals surface area contributed by atoms with E-state index in [9.17, 15) is 18.0 Å². The van der Waals surface area contributed by atoms with Gasteiger partial charge >= 0.3 is 6.09 Å². The summed E-state index contributed by atoms with van der Waals surface area (Å²) < 4.78 is 32.7. The Morgan fingerprint density at radius 1 is 1.23 bits per heavy atom. The van der Waals surface area contributed by atoms with Crippen LogP contribution >= 0.6 is 11.6 Å². The number of ether oxygens (including phenoxy) is 1. The fourth-order valence-corrected chi connectivity index (χ4v) is 4.14. The summed E-state index contributed by atoms with van der Waals surface area (Å²) in [5.74, 6) is -0.268. The average Bonchev–Trinajstić information content (AvgIpc) is 3.09. The van der Waals surface area contributed by atoms with Gasteiger partial charge in [-0.3, -0.25) is 15.1 Å². The zero-order chi connectivity index (χ0) is 25.6. The number of carbonyl (C=O) groups is 2. The largest absolute Gasteiger partial charge is 0.450 e. The maximum atomic E-state index is 12.5. The molecule has 13 heteroatoms. The molecule has 0 unspecified atom stereocenters. The van der Waals surface area contributed by atoms with E-state index >= 15 is 0 Å². The van der Waals surface area contributed by atoms with E-state index in [2.05, 4.69) is 20.3 Å². The Morgan fingerprint density at radius 2 is 2.00 bits per heavy atom. The SMILES string of the molecule is CCC/C=C/S(=O)(=O)NC(=O)c1ccc2nc(C)n(Cc3ncc(NC(=O)OCC)cc3Cl)c2n1. The minimum absolute atomic E-state index is 0.0841. The number of hydrogen-bond acceptors (Lipinski definition) is 8. The highest BCUT2D eigenvalue weighted by Gasteiger charge is 2.18. The van der Waals surface area contributed by atoms with Crippen LogP contribution in [0.3, 0.4) is 0 Å². The minimum Gasteiger partial charge on any atom is -0.450 e. The summed E-state index contributed by atoms with van der Waals surface area (Å²) in [6.07, 6.45) is 3.66. The van der Waals surface area contributed by atoms with Gasteiger partial charge in [0.25, 0.3) is 15.9 Å². The number of aromatic nitrogens is 4. The van der Waals surface area contributed by atoms with Gasteiger partial charge < -0.3 is 9.30 Å². The third kappa shape index (κ3) is 6.76. The summed E-state index contributed by atoms with van der Waals surface area (Å²) in [7, 11) is -3.94. The Morgan fingerprint density at radius 3 is 2.69 bits per heavy atom. The van der Waals surface area contributed by atoms with Gasteiger partial charge in [-0.2, -0.15) is 0 Å². The number of imidazole rings is 1. The molecule has 3 heterocycles. The van der Waals surface area contributed by atoms with E-state index in [-0.39, 0.29) is 18.8 Å². The van der Waals surface area contributed by atoms with Crippen LogP contribution in [0.25, 0.3) is 11.2 Å². The quantitative estimate of drug-likeness (QED) is 0.433. The van der Waals surface area contributed by atoms with Gasteiger partial charge in [0, 0.05) is 5.41 Å². The lowest BCUT2D eigenvalue weighted by atomic mass is 10.3. The summed E-state index contributed by atoms with van der Waals surface area (Å²) in [4.78, 5) is 37.2. The third-order valence-corrected chi connectivity index (χ3v) is 6.08. The first-order chi connectivity index (χ1) is 16.6. The highest BCUT2D eigenvalue weighted by molar-refractivity contribution is 7.92. The summed E-state index contributed by atoms with van der Waals surface area (Å²) in [6.45, 7) is 5.77. The smallest absolute Gasteiger partial charge is 0.411 e. The molecule has 0 fully saturated rings. The van der Waals surface area contributed by atoms with Crippen molar-refractivity contribution < 1.29 is 22.7 Å². The second kappa shape index (κ2) is 11.3. The van der Waals surface area contributed by atoms with Crippen molar-refractivity contribution in [1.82, 2.24) is 24.2 Å². The summed E-state index contributed by atoms with van der Waals surface area (Å²) in [5.41, 5.74) is 1.64. The summed E-state index contributed by atoms with van der Waals surface area (Å²) in [6, 6.07) is 4.53. The first-order valence-corrected chi connectivity index (χ1v) is 12.7. The number of allylic oxidation sites excluding steroid dienone is 1. The van der Waals surface area contributed by atoms with Crippen LogP contribution in [-0.4, -0.2) is 46.5 Å². The fourth-order valence-electron chi connectivity index (χ4n) is 3.09. The van der Waals surface area contributed by atoms with E-state index in [1.54, 1.807) is 30.5 Å². The first-order valence-electron chi connectivity index (χ1n) is 10.8. The molecule has 0 aliphatic carbocycles. The number of unbranched alkanes of at least 4 members (excludes halogenated alkanes) is 1. The van der Waals surface area contributed by atoms with Crippen LogP contribution in [0.1, 0.15) is 48.7 Å². The van der Waals surface area contributed by atoms with E-state index in [4.69, 9.17) is 16.3 Å². The normalized spacial score (nSPS) is 11.7. The van der Waals surface area contributed by atoms with Gasteiger partial charge in [-0.25, -0.2) is 27.9 Å². The van der Waals surface area contributed by atoms with Gasteiger partial charge in [0.05, 0.1) is 35.8 Å². The molecule has 0 bridgehead atoms. The highest BCUT2D eigenvalue weighted by Crippen LogP contribution is 2.22. The number of nitrogens with one attached hydrogen (secondary N) is 2. The molecule has 0 spiro atoms. The van der Waals surface area contributed by atoms with Gasteiger partial charge in [0.1, 0.15) is 17.0 Å². The lowest BCUT2D eigenvalue weighted by Crippen LogP contribution is -2.29. The van der Waals surface area contributed by atoms with Gasteiger partial charge in [-0.05, 0) is 38.5 Å². The molecule has 0 radical (unpaired) electrons. The minimum atomic E-state index is -3.94.